The van der Waals surface area contributed by atoms with Gasteiger partial charge in [-0.15, -0.1) is 0 Å². The maximum Gasteiger partial charge on any atom is 0.319 e. The molecule has 1 aromatic heterocycles. The van der Waals surface area contributed by atoms with E-state index in [0.717, 1.165) is 18.4 Å². The highest BCUT2D eigenvalue weighted by atomic mass is 16.5. The summed E-state index contributed by atoms with van der Waals surface area (Å²) in [5.74, 6) is 1.09. The van der Waals surface area contributed by atoms with E-state index in [9.17, 15) is 9.59 Å². The number of fused-ring (bicyclic) bond motifs is 1. The van der Waals surface area contributed by atoms with Crippen molar-refractivity contribution in [3.8, 4) is 17.1 Å². The van der Waals surface area contributed by atoms with Crippen molar-refractivity contribution in [2.75, 3.05) is 12.4 Å². The summed E-state index contributed by atoms with van der Waals surface area (Å²) >= 11 is 0. The van der Waals surface area contributed by atoms with Gasteiger partial charge in [-0.3, -0.25) is 4.79 Å². The van der Waals surface area contributed by atoms with Gasteiger partial charge in [0.1, 0.15) is 17.1 Å². The lowest BCUT2D eigenvalue weighted by Crippen LogP contribution is -2.38. The maximum atomic E-state index is 12.5. The second-order valence-corrected chi connectivity index (χ2v) is 7.35. The highest BCUT2D eigenvalue weighted by molar-refractivity contribution is 5.89. The molecule has 0 bridgehead atoms. The first-order valence-corrected chi connectivity index (χ1v) is 9.92. The summed E-state index contributed by atoms with van der Waals surface area (Å²) in [6.45, 7) is 0. The molecule has 3 aromatic rings. The molecule has 1 fully saturated rings. The van der Waals surface area contributed by atoms with E-state index < -0.39 is 0 Å². The number of ether oxygens (including phenoxy) is 1. The van der Waals surface area contributed by atoms with Gasteiger partial charge in [0.25, 0.3) is 0 Å². The summed E-state index contributed by atoms with van der Waals surface area (Å²) in [6.07, 6.45) is 5.67. The second-order valence-electron chi connectivity index (χ2n) is 7.35. The van der Waals surface area contributed by atoms with Crippen LogP contribution in [-0.4, -0.2) is 19.2 Å². The fourth-order valence-corrected chi connectivity index (χ4v) is 3.72. The van der Waals surface area contributed by atoms with Gasteiger partial charge in [0, 0.05) is 23.4 Å². The molecule has 6 nitrogen and oxygen atoms in total. The smallest absolute Gasteiger partial charge is 0.319 e. The number of hydrogen-bond acceptors (Lipinski definition) is 4. The second kappa shape index (κ2) is 8.39. The Hall–Kier alpha value is -3.28. The minimum absolute atomic E-state index is 0.130. The molecule has 0 unspecified atom stereocenters. The monoisotopic (exact) mass is 392 g/mol. The zero-order valence-electron chi connectivity index (χ0n) is 16.4. The topological polar surface area (TPSA) is 80.6 Å². The van der Waals surface area contributed by atoms with Crippen molar-refractivity contribution in [3.05, 3.63) is 58.8 Å². The number of urea groups is 1. The van der Waals surface area contributed by atoms with Crippen LogP contribution in [0.15, 0.2) is 57.7 Å². The van der Waals surface area contributed by atoms with Crippen molar-refractivity contribution in [1.29, 1.82) is 0 Å². The fraction of sp³-hybridized carbons (Fsp3) is 0.304. The Morgan fingerprint density at radius 2 is 1.79 bits per heavy atom. The first kappa shape index (κ1) is 19.1. The van der Waals surface area contributed by atoms with Gasteiger partial charge in [0.05, 0.1) is 12.5 Å². The van der Waals surface area contributed by atoms with E-state index in [2.05, 4.69) is 10.6 Å². The molecule has 0 atom stereocenters. The summed E-state index contributed by atoms with van der Waals surface area (Å²) in [4.78, 5) is 24.6. The molecule has 0 aliphatic heterocycles. The van der Waals surface area contributed by atoms with Crippen LogP contribution in [0.4, 0.5) is 10.5 Å². The number of anilines is 1. The highest BCUT2D eigenvalue weighted by Crippen LogP contribution is 2.25. The van der Waals surface area contributed by atoms with Gasteiger partial charge in [0.2, 0.25) is 0 Å². The zero-order valence-corrected chi connectivity index (χ0v) is 16.4. The Morgan fingerprint density at radius 3 is 2.52 bits per heavy atom. The molecular formula is C23H24N2O4. The Bertz CT molecular complexity index is 1070. The normalized spacial score (nSPS) is 14.5. The summed E-state index contributed by atoms with van der Waals surface area (Å²) in [6, 6.07) is 13.9. The van der Waals surface area contributed by atoms with E-state index in [0.29, 0.717) is 28.2 Å². The standard InChI is InChI=1S/C23H24N2O4/c1-28-18-11-12-21-19(13-18)20(26)14-22(29-21)15-7-9-17(10-8-15)25-23(27)24-16-5-3-2-4-6-16/h7-14,16H,2-6H2,1H3,(H2,24,25,27). The van der Waals surface area contributed by atoms with Crippen molar-refractivity contribution in [3.63, 3.8) is 0 Å². The number of rotatable bonds is 4. The van der Waals surface area contributed by atoms with Crippen LogP contribution in [0.25, 0.3) is 22.3 Å². The third-order valence-corrected chi connectivity index (χ3v) is 5.30. The lowest BCUT2D eigenvalue weighted by molar-refractivity contribution is 0.244. The molecule has 29 heavy (non-hydrogen) atoms. The van der Waals surface area contributed by atoms with Crippen molar-refractivity contribution < 1.29 is 13.9 Å². The zero-order chi connectivity index (χ0) is 20.2. The minimum atomic E-state index is -0.184. The van der Waals surface area contributed by atoms with Crippen LogP contribution >= 0.6 is 0 Å². The predicted octanol–water partition coefficient (Wildman–Crippen LogP) is 4.92. The third kappa shape index (κ3) is 4.42. The molecule has 2 N–H and O–H groups in total. The van der Waals surface area contributed by atoms with Gasteiger partial charge >= 0.3 is 6.03 Å². The van der Waals surface area contributed by atoms with Crippen LogP contribution in [0.2, 0.25) is 0 Å². The SMILES string of the molecule is COc1ccc2oc(-c3ccc(NC(=O)NC4CCCCC4)cc3)cc(=O)c2c1. The number of methoxy groups -OCH3 is 1. The minimum Gasteiger partial charge on any atom is -0.497 e. The number of hydrogen-bond donors (Lipinski definition) is 2. The van der Waals surface area contributed by atoms with Gasteiger partial charge in [-0.05, 0) is 55.3 Å². The van der Waals surface area contributed by atoms with Gasteiger partial charge in [-0.2, -0.15) is 0 Å². The van der Waals surface area contributed by atoms with Crippen LogP contribution in [0.3, 0.4) is 0 Å². The molecule has 1 heterocycles. The number of carbonyl (C=O) groups excluding carboxylic acids is 1. The Labute approximate surface area is 168 Å². The first-order valence-electron chi connectivity index (χ1n) is 9.92. The van der Waals surface area contributed by atoms with Crippen molar-refractivity contribution in [2.24, 2.45) is 0 Å². The Kier molecular flexibility index (Phi) is 5.51. The van der Waals surface area contributed by atoms with E-state index in [-0.39, 0.29) is 17.5 Å². The Balaban J connectivity index is 1.48. The molecule has 150 valence electrons. The van der Waals surface area contributed by atoms with Crippen LogP contribution in [0, 0.1) is 0 Å². The summed E-state index contributed by atoms with van der Waals surface area (Å²) in [5.41, 5.74) is 1.82. The van der Waals surface area contributed by atoms with Gasteiger partial charge in [0.15, 0.2) is 5.43 Å². The molecule has 4 rings (SSSR count). The largest absolute Gasteiger partial charge is 0.497 e. The lowest BCUT2D eigenvalue weighted by atomic mass is 9.96. The summed E-state index contributed by atoms with van der Waals surface area (Å²) in [7, 11) is 1.56. The van der Waals surface area contributed by atoms with Gasteiger partial charge < -0.3 is 19.8 Å². The Morgan fingerprint density at radius 1 is 1.03 bits per heavy atom. The predicted molar refractivity (Wildman–Crippen MR) is 113 cm³/mol. The van der Waals surface area contributed by atoms with E-state index in [4.69, 9.17) is 9.15 Å². The average molecular weight is 392 g/mol. The van der Waals surface area contributed by atoms with Crippen molar-refractivity contribution in [1.82, 2.24) is 5.32 Å². The maximum absolute atomic E-state index is 12.5. The molecule has 2 amide bonds. The van der Waals surface area contributed by atoms with E-state index >= 15 is 0 Å². The fourth-order valence-electron chi connectivity index (χ4n) is 3.72. The van der Waals surface area contributed by atoms with Crippen LogP contribution < -0.4 is 20.8 Å². The molecule has 2 aromatic carbocycles. The highest BCUT2D eigenvalue weighted by Gasteiger charge is 2.15. The number of benzene rings is 2. The molecule has 0 saturated heterocycles. The summed E-state index contributed by atoms with van der Waals surface area (Å²) < 4.78 is 11.1. The molecule has 0 radical (unpaired) electrons. The van der Waals surface area contributed by atoms with Crippen LogP contribution in [-0.2, 0) is 0 Å². The number of carbonyl (C=O) groups is 1. The lowest BCUT2D eigenvalue weighted by Gasteiger charge is -2.22. The molecular weight excluding hydrogens is 368 g/mol. The van der Waals surface area contributed by atoms with Crippen molar-refractivity contribution >= 4 is 22.7 Å². The molecule has 0 spiro atoms. The van der Waals surface area contributed by atoms with Crippen LogP contribution in [0.1, 0.15) is 32.1 Å². The van der Waals surface area contributed by atoms with Crippen molar-refractivity contribution in [2.45, 2.75) is 38.1 Å². The molecule has 6 heteroatoms. The van der Waals surface area contributed by atoms with E-state index in [1.165, 1.54) is 25.3 Å². The van der Waals surface area contributed by atoms with Gasteiger partial charge in [-0.1, -0.05) is 19.3 Å². The third-order valence-electron chi connectivity index (χ3n) is 5.30. The van der Waals surface area contributed by atoms with Crippen LogP contribution in [0.5, 0.6) is 5.75 Å². The first-order chi connectivity index (χ1) is 14.1. The average Bonchev–Trinajstić information content (AvgIpc) is 2.74. The van der Waals surface area contributed by atoms with E-state index in [1.54, 1.807) is 37.4 Å². The quantitative estimate of drug-likeness (QED) is 0.660. The molecule has 1 saturated carbocycles. The number of nitrogens with one attached hydrogen (secondary N) is 2. The molecule has 1 aliphatic rings. The number of amides is 2. The molecule has 1 aliphatic carbocycles. The summed E-state index contributed by atoms with van der Waals surface area (Å²) in [5, 5.41) is 6.37. The van der Waals surface area contributed by atoms with Gasteiger partial charge in [-0.25, -0.2) is 4.79 Å². The van der Waals surface area contributed by atoms with E-state index in [1.807, 2.05) is 12.1 Å².